The van der Waals surface area contributed by atoms with Gasteiger partial charge >= 0.3 is 5.97 Å². The molecule has 26 heavy (non-hydrogen) atoms. The summed E-state index contributed by atoms with van der Waals surface area (Å²) in [5, 5.41) is 20.0. The molecular weight excluding hydrogens is 400 g/mol. The summed E-state index contributed by atoms with van der Waals surface area (Å²) in [4.78, 5) is 12.1. The van der Waals surface area contributed by atoms with Crippen LogP contribution in [0.1, 0.15) is 36.7 Å². The van der Waals surface area contributed by atoms with Crippen molar-refractivity contribution in [3.8, 4) is 0 Å². The van der Waals surface area contributed by atoms with Crippen molar-refractivity contribution in [3.05, 3.63) is 75.2 Å². The van der Waals surface area contributed by atoms with E-state index < -0.39 is 5.60 Å². The van der Waals surface area contributed by atoms with Crippen molar-refractivity contribution < 1.29 is 14.7 Å². The van der Waals surface area contributed by atoms with Crippen LogP contribution in [0.2, 0.25) is 0 Å². The maximum atomic E-state index is 12.3. The predicted molar refractivity (Wildman–Crippen MR) is 101 cm³/mol. The first-order chi connectivity index (χ1) is 12.2. The highest BCUT2D eigenvalue weighted by atomic mass is 79.9. The van der Waals surface area contributed by atoms with E-state index in [0.717, 1.165) is 21.6 Å². The van der Waals surface area contributed by atoms with Crippen LogP contribution >= 0.6 is 15.9 Å². The van der Waals surface area contributed by atoms with Gasteiger partial charge in [0.05, 0.1) is 28.6 Å². The Morgan fingerprint density at radius 3 is 2.62 bits per heavy atom. The SMILES string of the molecule is CC(C)(C)OC(=O)c1ccc(CN2C=C3NC(Br)=CNC3=C[NH+]2[O-])cc1. The van der Waals surface area contributed by atoms with Crippen molar-refractivity contribution in [2.75, 3.05) is 0 Å². The first kappa shape index (κ1) is 18.5. The predicted octanol–water partition coefficient (Wildman–Crippen LogP) is 1.82. The van der Waals surface area contributed by atoms with Gasteiger partial charge in [0, 0.05) is 6.20 Å². The van der Waals surface area contributed by atoms with Crippen molar-refractivity contribution in [3.63, 3.8) is 0 Å². The largest absolute Gasteiger partial charge is 0.603 e. The topological polar surface area (TPSA) is 81.1 Å². The van der Waals surface area contributed by atoms with Crippen LogP contribution < -0.4 is 15.8 Å². The lowest BCUT2D eigenvalue weighted by Gasteiger charge is -2.35. The maximum absolute atomic E-state index is 12.3. The molecule has 1 aromatic rings. The lowest BCUT2D eigenvalue weighted by atomic mass is 10.1. The number of ether oxygens (including phenoxy) is 1. The average Bonchev–Trinajstić information content (AvgIpc) is 2.55. The van der Waals surface area contributed by atoms with Crippen LogP contribution in [0.4, 0.5) is 0 Å². The molecule has 8 heteroatoms. The fraction of sp³-hybridized carbons (Fsp3) is 0.278. The molecule has 2 heterocycles. The van der Waals surface area contributed by atoms with E-state index in [1.54, 1.807) is 35.7 Å². The Bertz CT molecular complexity index is 794. The number of hydrogen-bond donors (Lipinski definition) is 3. The quantitative estimate of drug-likeness (QED) is 0.393. The van der Waals surface area contributed by atoms with E-state index in [1.807, 2.05) is 32.9 Å². The smallest absolute Gasteiger partial charge is 0.338 e. The number of nitrogens with one attached hydrogen (secondary N) is 3. The van der Waals surface area contributed by atoms with Crippen molar-refractivity contribution in [2.24, 2.45) is 0 Å². The normalized spacial score (nSPS) is 19.3. The summed E-state index contributed by atoms with van der Waals surface area (Å²) < 4.78 is 6.14. The average molecular weight is 421 g/mol. The zero-order valence-corrected chi connectivity index (χ0v) is 16.4. The highest BCUT2D eigenvalue weighted by Crippen LogP contribution is 2.18. The number of hydrogen-bond acceptors (Lipinski definition) is 6. The molecule has 0 bridgehead atoms. The summed E-state index contributed by atoms with van der Waals surface area (Å²) in [6, 6.07) is 7.08. The number of hydroxylamine groups is 1. The molecule has 2 aliphatic heterocycles. The number of halogens is 1. The van der Waals surface area contributed by atoms with Crippen molar-refractivity contribution in [1.29, 1.82) is 0 Å². The molecule has 0 saturated heterocycles. The number of nitrogens with zero attached hydrogens (tertiary/aromatic N) is 1. The molecule has 2 aliphatic rings. The molecule has 0 aliphatic carbocycles. The van der Waals surface area contributed by atoms with Gasteiger partial charge in [-0.2, -0.15) is 0 Å². The van der Waals surface area contributed by atoms with E-state index in [1.165, 1.54) is 0 Å². The minimum absolute atomic E-state index is 0.110. The van der Waals surface area contributed by atoms with Gasteiger partial charge in [0.1, 0.15) is 17.5 Å². The molecule has 0 radical (unpaired) electrons. The second-order valence-electron chi connectivity index (χ2n) is 7.03. The van der Waals surface area contributed by atoms with Crippen LogP contribution in [0.3, 0.4) is 0 Å². The lowest BCUT2D eigenvalue weighted by molar-refractivity contribution is -0.919. The Balaban J connectivity index is 1.69. The monoisotopic (exact) mass is 420 g/mol. The Morgan fingerprint density at radius 1 is 1.27 bits per heavy atom. The molecule has 1 unspecified atom stereocenters. The first-order valence-electron chi connectivity index (χ1n) is 8.17. The van der Waals surface area contributed by atoms with Crippen LogP contribution in [0, 0.1) is 5.21 Å². The molecule has 3 N–H and O–H groups in total. The van der Waals surface area contributed by atoms with Crippen molar-refractivity contribution >= 4 is 21.9 Å². The second kappa shape index (κ2) is 7.14. The fourth-order valence-electron chi connectivity index (χ4n) is 2.50. The number of quaternary nitrogens is 1. The summed E-state index contributed by atoms with van der Waals surface area (Å²) in [6.07, 6.45) is 5.05. The van der Waals surface area contributed by atoms with E-state index in [2.05, 4.69) is 26.6 Å². The Morgan fingerprint density at radius 2 is 1.96 bits per heavy atom. The number of rotatable bonds is 3. The zero-order chi connectivity index (χ0) is 18.9. The zero-order valence-electron chi connectivity index (χ0n) is 14.8. The highest BCUT2D eigenvalue weighted by molar-refractivity contribution is 9.11. The molecule has 0 saturated carbocycles. The molecule has 0 fully saturated rings. The van der Waals surface area contributed by atoms with Gasteiger partial charge in [-0.05, 0) is 54.4 Å². The van der Waals surface area contributed by atoms with Crippen LogP contribution in [-0.2, 0) is 11.3 Å². The van der Waals surface area contributed by atoms with E-state index in [9.17, 15) is 10.0 Å². The summed E-state index contributed by atoms with van der Waals surface area (Å²) in [6.45, 7) is 5.90. The third-order valence-corrected chi connectivity index (χ3v) is 4.10. The standard InChI is InChI=1S/C18H21BrN4O3/c1-18(2,3)26-17(24)13-6-4-12(5-7-13)9-22-10-15-14(11-23(22)25)20-8-16(19)21-15/h4-8,10-11,20-21,23H,9H2,1-3H3. The Labute approximate surface area is 160 Å². The van der Waals surface area contributed by atoms with E-state index in [-0.39, 0.29) is 11.1 Å². The molecule has 1 aromatic carbocycles. The van der Waals surface area contributed by atoms with Gasteiger partial charge in [0.15, 0.2) is 0 Å². The van der Waals surface area contributed by atoms with Gasteiger partial charge in [-0.25, -0.2) is 15.0 Å². The number of carbonyl (C=O) groups is 1. The van der Waals surface area contributed by atoms with Gasteiger partial charge in [0.25, 0.3) is 0 Å². The second-order valence-corrected chi connectivity index (χ2v) is 7.88. The Hall–Kier alpha value is -2.29. The summed E-state index contributed by atoms with van der Waals surface area (Å²) in [5.74, 6) is -0.359. The van der Waals surface area contributed by atoms with Crippen molar-refractivity contribution in [1.82, 2.24) is 15.6 Å². The molecule has 138 valence electrons. The fourth-order valence-corrected chi connectivity index (χ4v) is 2.83. The third kappa shape index (κ3) is 4.46. The van der Waals surface area contributed by atoms with Gasteiger partial charge in [-0.3, -0.25) is 0 Å². The first-order valence-corrected chi connectivity index (χ1v) is 8.96. The van der Waals surface area contributed by atoms with Crippen LogP contribution in [-0.4, -0.2) is 16.6 Å². The Kier molecular flexibility index (Phi) is 5.08. The van der Waals surface area contributed by atoms with Crippen molar-refractivity contribution in [2.45, 2.75) is 32.9 Å². The highest BCUT2D eigenvalue weighted by Gasteiger charge is 2.22. The molecule has 0 spiro atoms. The summed E-state index contributed by atoms with van der Waals surface area (Å²) in [7, 11) is 0. The van der Waals surface area contributed by atoms with E-state index in [4.69, 9.17) is 4.74 Å². The minimum atomic E-state index is -0.532. The van der Waals surface area contributed by atoms with E-state index >= 15 is 0 Å². The van der Waals surface area contributed by atoms with Crippen LogP contribution in [0.5, 0.6) is 0 Å². The molecule has 1 atom stereocenters. The number of benzene rings is 1. The molecule has 7 nitrogen and oxygen atoms in total. The van der Waals surface area contributed by atoms with Crippen LogP contribution in [0.25, 0.3) is 0 Å². The van der Waals surface area contributed by atoms with Gasteiger partial charge in [-0.15, -0.1) is 0 Å². The van der Waals surface area contributed by atoms with E-state index in [0.29, 0.717) is 12.1 Å². The number of fused-ring (bicyclic) bond motifs is 1. The molecule has 3 rings (SSSR count). The van der Waals surface area contributed by atoms with Gasteiger partial charge in [0.2, 0.25) is 0 Å². The van der Waals surface area contributed by atoms with Gasteiger partial charge in [-0.1, -0.05) is 12.1 Å². The number of carbonyl (C=O) groups excluding carboxylic acids is 1. The summed E-state index contributed by atoms with van der Waals surface area (Å²) >= 11 is 3.37. The molecule has 0 aromatic heterocycles. The molecule has 0 amide bonds. The summed E-state index contributed by atoms with van der Waals surface area (Å²) in [5.41, 5.74) is 2.41. The van der Waals surface area contributed by atoms with Gasteiger partial charge < -0.3 is 20.6 Å². The number of esters is 1. The lowest BCUT2D eigenvalue weighted by Crippen LogP contribution is -3.09. The third-order valence-electron chi connectivity index (χ3n) is 3.68. The molecular formula is C18H21BrN4O3. The maximum Gasteiger partial charge on any atom is 0.338 e. The van der Waals surface area contributed by atoms with Crippen LogP contribution in [0.15, 0.2) is 58.9 Å². The minimum Gasteiger partial charge on any atom is -0.603 e.